The van der Waals surface area contributed by atoms with Crippen LogP contribution in [0.3, 0.4) is 0 Å². The molecule has 0 aliphatic carbocycles. The lowest BCUT2D eigenvalue weighted by atomic mass is 10.2. The number of likely N-dealkylation sites (N-methyl/N-ethyl adjacent to an activating group) is 1. The van der Waals surface area contributed by atoms with Gasteiger partial charge in [-0.1, -0.05) is 19.1 Å². The quantitative estimate of drug-likeness (QED) is 0.460. The second-order valence-corrected chi connectivity index (χ2v) is 4.50. The lowest BCUT2D eigenvalue weighted by Crippen LogP contribution is -2.33. The molecule has 0 saturated carbocycles. The van der Waals surface area contributed by atoms with Gasteiger partial charge in [-0.3, -0.25) is 0 Å². The van der Waals surface area contributed by atoms with Crippen molar-refractivity contribution in [2.45, 2.75) is 13.3 Å². The summed E-state index contributed by atoms with van der Waals surface area (Å²) in [6.07, 6.45) is 0.948. The zero-order valence-electron chi connectivity index (χ0n) is 10.6. The van der Waals surface area contributed by atoms with Crippen molar-refractivity contribution in [3.8, 4) is 0 Å². The van der Waals surface area contributed by atoms with Gasteiger partial charge < -0.3 is 20.1 Å². The average Bonchev–Trinajstić information content (AvgIpc) is 2.23. The van der Waals surface area contributed by atoms with Gasteiger partial charge in [-0.2, -0.15) is 0 Å². The smallest absolute Gasteiger partial charge is 0.0768 e. The summed E-state index contributed by atoms with van der Waals surface area (Å²) in [5.74, 6) is 0.258. The van der Waals surface area contributed by atoms with Crippen LogP contribution >= 0.6 is 12.2 Å². The summed E-state index contributed by atoms with van der Waals surface area (Å²) in [5, 5.41) is 0. The first-order chi connectivity index (χ1) is 7.57. The summed E-state index contributed by atoms with van der Waals surface area (Å²) in [5.41, 5.74) is 5.55. The molecular weight excluding hydrogens is 224 g/mol. The minimum Gasteiger partial charge on any atom is -0.393 e. The fourth-order valence-corrected chi connectivity index (χ4v) is 1.35. The van der Waals surface area contributed by atoms with E-state index in [-0.39, 0.29) is 5.92 Å². The van der Waals surface area contributed by atoms with Crippen LogP contribution in [0, 0.1) is 5.92 Å². The van der Waals surface area contributed by atoms with E-state index in [4.69, 9.17) is 27.4 Å². The first kappa shape index (κ1) is 15.8. The third-order valence-corrected chi connectivity index (χ3v) is 2.73. The van der Waals surface area contributed by atoms with Crippen LogP contribution in [0.1, 0.15) is 13.3 Å². The second-order valence-electron chi connectivity index (χ2n) is 4.02. The number of hydrogen-bond donors (Lipinski definition) is 1. The first-order valence-electron chi connectivity index (χ1n) is 5.62. The largest absolute Gasteiger partial charge is 0.393 e. The van der Waals surface area contributed by atoms with Crippen molar-refractivity contribution in [1.82, 2.24) is 4.90 Å². The highest BCUT2D eigenvalue weighted by Gasteiger charge is 2.08. The van der Waals surface area contributed by atoms with Crippen LogP contribution in [0.5, 0.6) is 0 Å². The Morgan fingerprint density at radius 1 is 1.38 bits per heavy atom. The van der Waals surface area contributed by atoms with Crippen molar-refractivity contribution in [2.24, 2.45) is 11.7 Å². The molecule has 1 atom stereocenters. The third-order valence-electron chi connectivity index (χ3n) is 2.33. The average molecular weight is 248 g/mol. The maximum absolute atomic E-state index is 5.55. The molecule has 0 aromatic carbocycles. The predicted octanol–water partition coefficient (Wildman–Crippen LogP) is 0.894. The first-order valence-corrected chi connectivity index (χ1v) is 6.03. The van der Waals surface area contributed by atoms with E-state index >= 15 is 0 Å². The molecule has 0 saturated heterocycles. The Balaban J connectivity index is 3.36. The van der Waals surface area contributed by atoms with Crippen molar-refractivity contribution in [3.63, 3.8) is 0 Å². The monoisotopic (exact) mass is 248 g/mol. The minimum atomic E-state index is 0.258. The van der Waals surface area contributed by atoms with Gasteiger partial charge in [0.1, 0.15) is 0 Å². The summed E-state index contributed by atoms with van der Waals surface area (Å²) >= 11 is 4.93. The molecule has 2 N–H and O–H groups in total. The molecule has 0 spiro atoms. The molecular formula is C11H24N2O2S. The van der Waals surface area contributed by atoms with E-state index in [1.165, 1.54) is 0 Å². The molecule has 96 valence electrons. The molecule has 16 heavy (non-hydrogen) atoms. The number of hydrogen-bond acceptors (Lipinski definition) is 4. The Labute approximate surface area is 104 Å². The Morgan fingerprint density at radius 3 is 2.62 bits per heavy atom. The number of rotatable bonds is 10. The lowest BCUT2D eigenvalue weighted by Gasteiger charge is -2.20. The van der Waals surface area contributed by atoms with Gasteiger partial charge in [0.2, 0.25) is 0 Å². The van der Waals surface area contributed by atoms with Gasteiger partial charge in [0.15, 0.2) is 0 Å². The van der Waals surface area contributed by atoms with E-state index in [1.54, 1.807) is 7.11 Å². The molecule has 1 unspecified atom stereocenters. The molecule has 0 fully saturated rings. The minimum absolute atomic E-state index is 0.258. The van der Waals surface area contributed by atoms with E-state index in [0.29, 0.717) is 4.99 Å². The molecule has 0 aliphatic heterocycles. The molecule has 0 aromatic rings. The van der Waals surface area contributed by atoms with Gasteiger partial charge in [0, 0.05) is 39.3 Å². The van der Waals surface area contributed by atoms with E-state index in [9.17, 15) is 0 Å². The second kappa shape index (κ2) is 9.96. The van der Waals surface area contributed by atoms with E-state index in [2.05, 4.69) is 4.90 Å². The summed E-state index contributed by atoms with van der Waals surface area (Å²) in [7, 11) is 3.75. The number of ether oxygens (including phenoxy) is 2. The van der Waals surface area contributed by atoms with Crippen molar-refractivity contribution in [2.75, 3.05) is 47.1 Å². The molecule has 0 aliphatic rings. The summed E-state index contributed by atoms with van der Waals surface area (Å²) in [6, 6.07) is 0. The van der Waals surface area contributed by atoms with E-state index in [1.807, 2.05) is 14.0 Å². The van der Waals surface area contributed by atoms with Crippen LogP contribution in [0.25, 0.3) is 0 Å². The van der Waals surface area contributed by atoms with Crippen LogP contribution in [0.2, 0.25) is 0 Å². The third kappa shape index (κ3) is 9.03. The van der Waals surface area contributed by atoms with Gasteiger partial charge in [-0.15, -0.1) is 0 Å². The van der Waals surface area contributed by atoms with Crippen molar-refractivity contribution >= 4 is 17.2 Å². The number of nitrogens with zero attached hydrogens (tertiary/aromatic N) is 1. The van der Waals surface area contributed by atoms with Gasteiger partial charge in [0.25, 0.3) is 0 Å². The topological polar surface area (TPSA) is 47.7 Å². The maximum Gasteiger partial charge on any atom is 0.0768 e. The molecule has 0 bridgehead atoms. The highest BCUT2D eigenvalue weighted by Crippen LogP contribution is 1.98. The highest BCUT2D eigenvalue weighted by molar-refractivity contribution is 7.80. The number of nitrogens with two attached hydrogens (primary N) is 1. The lowest BCUT2D eigenvalue weighted by molar-refractivity contribution is 0.0878. The van der Waals surface area contributed by atoms with Gasteiger partial charge in [0.05, 0.1) is 11.6 Å². The van der Waals surface area contributed by atoms with Crippen LogP contribution < -0.4 is 5.73 Å². The van der Waals surface area contributed by atoms with Crippen LogP contribution in [-0.4, -0.2) is 57.0 Å². The maximum atomic E-state index is 5.55. The normalized spacial score (nSPS) is 13.0. The van der Waals surface area contributed by atoms with Crippen molar-refractivity contribution in [1.29, 1.82) is 0 Å². The van der Waals surface area contributed by atoms with Gasteiger partial charge in [-0.25, -0.2) is 0 Å². The summed E-state index contributed by atoms with van der Waals surface area (Å²) in [4.78, 5) is 2.76. The van der Waals surface area contributed by atoms with E-state index in [0.717, 1.165) is 39.3 Å². The van der Waals surface area contributed by atoms with Crippen molar-refractivity contribution in [3.05, 3.63) is 0 Å². The van der Waals surface area contributed by atoms with Gasteiger partial charge in [-0.05, 0) is 13.5 Å². The van der Waals surface area contributed by atoms with Crippen LogP contribution in [-0.2, 0) is 9.47 Å². The standard InChI is InChI=1S/C11H24N2O2S/c1-10(11(12)16)9-13(2)5-8-15-7-4-6-14-3/h10H,4-9H2,1-3H3,(H2,12,16). The van der Waals surface area contributed by atoms with Crippen molar-refractivity contribution < 1.29 is 9.47 Å². The molecule has 0 radical (unpaired) electrons. The fourth-order valence-electron chi connectivity index (χ4n) is 1.28. The number of thiocarbonyl (C=S) groups is 1. The highest BCUT2D eigenvalue weighted by atomic mass is 32.1. The SMILES string of the molecule is COCCCOCCN(C)CC(C)C(N)=S. The predicted molar refractivity (Wildman–Crippen MR) is 70.8 cm³/mol. The van der Waals surface area contributed by atoms with E-state index < -0.39 is 0 Å². The van der Waals surface area contributed by atoms with Crippen LogP contribution in [0.4, 0.5) is 0 Å². The fraction of sp³-hybridized carbons (Fsp3) is 0.909. The molecule has 0 heterocycles. The molecule has 4 nitrogen and oxygen atoms in total. The molecule has 0 rings (SSSR count). The Kier molecular flexibility index (Phi) is 9.82. The zero-order chi connectivity index (χ0) is 12.4. The Morgan fingerprint density at radius 2 is 2.06 bits per heavy atom. The van der Waals surface area contributed by atoms with Gasteiger partial charge >= 0.3 is 0 Å². The Hall–Kier alpha value is -0.230. The Bertz CT molecular complexity index is 191. The zero-order valence-corrected chi connectivity index (χ0v) is 11.4. The summed E-state index contributed by atoms with van der Waals surface area (Å²) < 4.78 is 10.4. The number of methoxy groups -OCH3 is 1. The molecule has 5 heteroatoms. The molecule has 0 amide bonds. The summed E-state index contributed by atoms with van der Waals surface area (Å²) in [6.45, 7) is 6.08. The van der Waals surface area contributed by atoms with Crippen LogP contribution in [0.15, 0.2) is 0 Å². The molecule has 0 aromatic heterocycles.